The first-order valence-corrected chi connectivity index (χ1v) is 10.5. The quantitative estimate of drug-likeness (QED) is 0.499. The highest BCUT2D eigenvalue weighted by Gasteiger charge is 2.23. The predicted molar refractivity (Wildman–Crippen MR) is 117 cm³/mol. The van der Waals surface area contributed by atoms with Crippen molar-refractivity contribution in [3.63, 3.8) is 0 Å². The fourth-order valence-electron chi connectivity index (χ4n) is 3.98. The first-order valence-electron chi connectivity index (χ1n) is 10.5. The number of furan rings is 1. The van der Waals surface area contributed by atoms with Crippen molar-refractivity contribution >= 4 is 17.0 Å². The van der Waals surface area contributed by atoms with E-state index in [1.165, 1.54) is 0 Å². The largest absolute Gasteiger partial charge is 0.486 e. The van der Waals surface area contributed by atoms with Gasteiger partial charge in [-0.25, -0.2) is 4.98 Å². The smallest absolute Gasteiger partial charge is 0.259 e. The number of carbonyl (C=O) groups excluding carboxylic acids is 1. The molecule has 1 atom stereocenters. The molecule has 1 amide bonds. The molecule has 4 heterocycles. The summed E-state index contributed by atoms with van der Waals surface area (Å²) in [4.78, 5) is 17.9. The Hall–Kier alpha value is -3.81. The number of pyridine rings is 1. The van der Waals surface area contributed by atoms with Gasteiger partial charge in [-0.3, -0.25) is 4.79 Å². The van der Waals surface area contributed by atoms with Gasteiger partial charge >= 0.3 is 0 Å². The summed E-state index contributed by atoms with van der Waals surface area (Å²) in [6, 6.07) is 9.08. The van der Waals surface area contributed by atoms with E-state index in [0.29, 0.717) is 52.8 Å². The second-order valence-corrected chi connectivity index (χ2v) is 7.93. The maximum Gasteiger partial charge on any atom is 0.259 e. The summed E-state index contributed by atoms with van der Waals surface area (Å²) in [7, 11) is 0. The van der Waals surface area contributed by atoms with Crippen molar-refractivity contribution in [2.24, 2.45) is 0 Å². The molecule has 0 radical (unpaired) electrons. The van der Waals surface area contributed by atoms with Gasteiger partial charge in [-0.05, 0) is 57.5 Å². The number of aromatic nitrogens is 2. The van der Waals surface area contributed by atoms with Gasteiger partial charge in [0.25, 0.3) is 11.6 Å². The number of rotatable bonds is 4. The fraction of sp³-hybridized carbons (Fsp3) is 0.292. The topological polar surface area (TPSA) is 99.6 Å². The third-order valence-corrected chi connectivity index (χ3v) is 5.59. The van der Waals surface area contributed by atoms with Crippen molar-refractivity contribution in [2.75, 3.05) is 13.2 Å². The van der Waals surface area contributed by atoms with Crippen molar-refractivity contribution in [2.45, 2.75) is 33.7 Å². The molecule has 8 heteroatoms. The number of ether oxygens (including phenoxy) is 2. The summed E-state index contributed by atoms with van der Waals surface area (Å²) in [6.07, 6.45) is 0. The lowest BCUT2D eigenvalue weighted by Gasteiger charge is -2.21. The molecule has 1 unspecified atom stereocenters. The molecule has 1 aliphatic heterocycles. The Morgan fingerprint density at radius 3 is 2.59 bits per heavy atom. The number of nitrogens with one attached hydrogen (secondary N) is 1. The maximum absolute atomic E-state index is 13.4. The molecule has 0 fully saturated rings. The van der Waals surface area contributed by atoms with Gasteiger partial charge in [0.1, 0.15) is 24.7 Å². The molecule has 5 rings (SSSR count). The van der Waals surface area contributed by atoms with Crippen molar-refractivity contribution in [1.82, 2.24) is 15.5 Å². The summed E-state index contributed by atoms with van der Waals surface area (Å²) in [5.74, 6) is 2.65. The summed E-state index contributed by atoms with van der Waals surface area (Å²) in [6.45, 7) is 8.50. The van der Waals surface area contributed by atoms with Crippen molar-refractivity contribution in [1.29, 1.82) is 0 Å². The van der Waals surface area contributed by atoms with Crippen LogP contribution in [-0.4, -0.2) is 29.3 Å². The monoisotopic (exact) mass is 433 g/mol. The molecule has 0 aliphatic carbocycles. The van der Waals surface area contributed by atoms with Crippen LogP contribution < -0.4 is 14.8 Å². The normalized spacial score (nSPS) is 13.9. The van der Waals surface area contributed by atoms with E-state index >= 15 is 0 Å². The number of hydrogen-bond donors (Lipinski definition) is 1. The maximum atomic E-state index is 13.4. The van der Waals surface area contributed by atoms with Crippen LogP contribution in [0.3, 0.4) is 0 Å². The standard InChI is InChI=1S/C24H23N3O5/c1-12-9-17(15(4)31-12)19-11-18(22-14(3)27-32-24(22)26-19)23(28)25-13(2)16-5-6-20-21(10-16)30-8-7-29-20/h5-6,9-11,13H,7-8H2,1-4H3,(H,25,28). The Labute approximate surface area is 184 Å². The van der Waals surface area contributed by atoms with Gasteiger partial charge in [-0.1, -0.05) is 11.2 Å². The van der Waals surface area contributed by atoms with Gasteiger partial charge < -0.3 is 23.7 Å². The van der Waals surface area contributed by atoms with Crippen LogP contribution in [0.5, 0.6) is 11.5 Å². The molecule has 1 aliphatic rings. The van der Waals surface area contributed by atoms with Gasteiger partial charge in [-0.15, -0.1) is 0 Å². The van der Waals surface area contributed by atoms with Gasteiger partial charge in [0.05, 0.1) is 28.4 Å². The predicted octanol–water partition coefficient (Wildman–Crippen LogP) is 4.67. The molecule has 1 N–H and O–H groups in total. The number of benzene rings is 1. The second kappa shape index (κ2) is 7.71. The van der Waals surface area contributed by atoms with Crippen LogP contribution in [0.15, 0.2) is 39.3 Å². The zero-order chi connectivity index (χ0) is 22.4. The third kappa shape index (κ3) is 3.47. The number of fused-ring (bicyclic) bond motifs is 2. The fourth-order valence-corrected chi connectivity index (χ4v) is 3.98. The molecule has 8 nitrogen and oxygen atoms in total. The molecule has 0 spiro atoms. The molecule has 0 saturated heterocycles. The van der Waals surface area contributed by atoms with Crippen LogP contribution in [0.1, 0.15) is 46.1 Å². The molecular formula is C24H23N3O5. The van der Waals surface area contributed by atoms with E-state index in [2.05, 4.69) is 15.5 Å². The summed E-state index contributed by atoms with van der Waals surface area (Å²) in [5.41, 5.74) is 3.70. The van der Waals surface area contributed by atoms with Crippen LogP contribution in [0, 0.1) is 20.8 Å². The third-order valence-electron chi connectivity index (χ3n) is 5.59. The van der Waals surface area contributed by atoms with Gasteiger partial charge in [0.15, 0.2) is 11.5 Å². The minimum Gasteiger partial charge on any atom is -0.486 e. The molecule has 4 aromatic rings. The minimum absolute atomic E-state index is 0.245. The minimum atomic E-state index is -0.261. The van der Waals surface area contributed by atoms with Crippen LogP contribution in [0.2, 0.25) is 0 Å². The second-order valence-electron chi connectivity index (χ2n) is 7.93. The van der Waals surface area contributed by atoms with Crippen LogP contribution in [-0.2, 0) is 0 Å². The Morgan fingerprint density at radius 1 is 1.06 bits per heavy atom. The molecule has 0 saturated carbocycles. The van der Waals surface area contributed by atoms with Crippen molar-refractivity contribution < 1.29 is 23.2 Å². The van der Waals surface area contributed by atoms with E-state index < -0.39 is 0 Å². The van der Waals surface area contributed by atoms with E-state index in [4.69, 9.17) is 18.4 Å². The zero-order valence-electron chi connectivity index (χ0n) is 18.3. The number of hydrogen-bond acceptors (Lipinski definition) is 7. The van der Waals surface area contributed by atoms with Crippen molar-refractivity contribution in [3.8, 4) is 22.8 Å². The zero-order valence-corrected chi connectivity index (χ0v) is 18.3. The Balaban J connectivity index is 1.50. The van der Waals surface area contributed by atoms with E-state index in [1.54, 1.807) is 13.0 Å². The molecule has 164 valence electrons. The van der Waals surface area contributed by atoms with E-state index in [-0.39, 0.29) is 11.9 Å². The summed E-state index contributed by atoms with van der Waals surface area (Å²) in [5, 5.41) is 7.68. The Kier molecular flexibility index (Phi) is 4.84. The van der Waals surface area contributed by atoms with Gasteiger partial charge in [0.2, 0.25) is 0 Å². The SMILES string of the molecule is Cc1cc(-c2cc(C(=O)NC(C)c3ccc4c(c3)OCCO4)c3c(C)noc3n2)c(C)o1. The van der Waals surface area contributed by atoms with Crippen LogP contribution in [0.4, 0.5) is 0 Å². The molecular weight excluding hydrogens is 410 g/mol. The highest BCUT2D eigenvalue weighted by Crippen LogP contribution is 2.33. The Morgan fingerprint density at radius 2 is 1.84 bits per heavy atom. The number of carbonyl (C=O) groups is 1. The lowest BCUT2D eigenvalue weighted by molar-refractivity contribution is 0.0941. The lowest BCUT2D eigenvalue weighted by atomic mass is 10.0. The Bertz CT molecular complexity index is 1340. The molecule has 32 heavy (non-hydrogen) atoms. The molecule has 0 bridgehead atoms. The van der Waals surface area contributed by atoms with E-state index in [9.17, 15) is 4.79 Å². The van der Waals surface area contributed by atoms with Crippen molar-refractivity contribution in [3.05, 3.63) is 58.7 Å². The molecule has 3 aromatic heterocycles. The highest BCUT2D eigenvalue weighted by molar-refractivity contribution is 6.07. The van der Waals surface area contributed by atoms with E-state index in [1.807, 2.05) is 45.0 Å². The highest BCUT2D eigenvalue weighted by atomic mass is 16.6. The van der Waals surface area contributed by atoms with Crippen LogP contribution in [0.25, 0.3) is 22.4 Å². The first kappa shape index (κ1) is 20.1. The molecule has 1 aromatic carbocycles. The average Bonchev–Trinajstić information content (AvgIpc) is 3.33. The lowest BCUT2D eigenvalue weighted by Crippen LogP contribution is -2.27. The number of nitrogens with zero attached hydrogens (tertiary/aromatic N) is 2. The summed E-state index contributed by atoms with van der Waals surface area (Å²) < 4.78 is 22.3. The van der Waals surface area contributed by atoms with Gasteiger partial charge in [-0.2, -0.15) is 0 Å². The first-order chi connectivity index (χ1) is 15.4. The van der Waals surface area contributed by atoms with Gasteiger partial charge in [0, 0.05) is 5.56 Å². The number of aryl methyl sites for hydroxylation is 3. The van der Waals surface area contributed by atoms with E-state index in [0.717, 1.165) is 22.6 Å². The average molecular weight is 433 g/mol. The number of amides is 1. The van der Waals surface area contributed by atoms with Crippen LogP contribution >= 0.6 is 0 Å². The summed E-state index contributed by atoms with van der Waals surface area (Å²) >= 11 is 0.